The SMILES string of the molecule is COc1cc(CCNC(=O)NCC2(O)CCC2)ccc1F. The second-order valence-corrected chi connectivity index (χ2v) is 5.41. The second-order valence-electron chi connectivity index (χ2n) is 5.41. The van der Waals surface area contributed by atoms with Crippen LogP contribution < -0.4 is 15.4 Å². The van der Waals surface area contributed by atoms with Crippen molar-refractivity contribution in [2.45, 2.75) is 31.3 Å². The van der Waals surface area contributed by atoms with E-state index >= 15 is 0 Å². The molecule has 1 aromatic carbocycles. The first-order valence-electron chi connectivity index (χ1n) is 7.09. The van der Waals surface area contributed by atoms with Gasteiger partial charge in [0.2, 0.25) is 0 Å². The number of methoxy groups -OCH3 is 1. The Hall–Kier alpha value is -1.82. The maximum Gasteiger partial charge on any atom is 0.314 e. The molecule has 5 nitrogen and oxygen atoms in total. The number of hydrogen-bond donors (Lipinski definition) is 3. The van der Waals surface area contributed by atoms with E-state index in [2.05, 4.69) is 10.6 Å². The van der Waals surface area contributed by atoms with Crippen molar-refractivity contribution in [2.24, 2.45) is 0 Å². The number of benzene rings is 1. The highest BCUT2D eigenvalue weighted by atomic mass is 19.1. The number of halogens is 1. The third-order valence-electron chi connectivity index (χ3n) is 3.78. The van der Waals surface area contributed by atoms with Gasteiger partial charge in [0.05, 0.1) is 12.7 Å². The number of hydrogen-bond acceptors (Lipinski definition) is 3. The lowest BCUT2D eigenvalue weighted by atomic mass is 9.80. The van der Waals surface area contributed by atoms with E-state index in [4.69, 9.17) is 4.74 Å². The van der Waals surface area contributed by atoms with Gasteiger partial charge >= 0.3 is 6.03 Å². The Kier molecular flexibility index (Phi) is 5.01. The van der Waals surface area contributed by atoms with E-state index in [-0.39, 0.29) is 18.3 Å². The molecule has 116 valence electrons. The summed E-state index contributed by atoms with van der Waals surface area (Å²) in [6.45, 7) is 0.711. The molecule has 0 aromatic heterocycles. The first-order chi connectivity index (χ1) is 10.0. The van der Waals surface area contributed by atoms with Crippen LogP contribution in [0.3, 0.4) is 0 Å². The molecule has 0 unspecified atom stereocenters. The molecule has 2 amide bonds. The van der Waals surface area contributed by atoms with Crippen LogP contribution >= 0.6 is 0 Å². The molecule has 21 heavy (non-hydrogen) atoms. The number of aliphatic hydroxyl groups is 1. The minimum absolute atomic E-state index is 0.198. The normalized spacial score (nSPS) is 16.0. The van der Waals surface area contributed by atoms with Gasteiger partial charge in [0, 0.05) is 13.1 Å². The molecule has 0 atom stereocenters. The summed E-state index contributed by atoms with van der Waals surface area (Å²) in [6.07, 6.45) is 3.06. The number of urea groups is 1. The first kappa shape index (κ1) is 15.6. The fourth-order valence-electron chi connectivity index (χ4n) is 2.25. The quantitative estimate of drug-likeness (QED) is 0.746. The minimum Gasteiger partial charge on any atom is -0.494 e. The fourth-order valence-corrected chi connectivity index (χ4v) is 2.25. The van der Waals surface area contributed by atoms with Crippen LogP contribution in [0.15, 0.2) is 18.2 Å². The molecular weight excluding hydrogens is 275 g/mol. The zero-order valence-electron chi connectivity index (χ0n) is 12.1. The predicted molar refractivity (Wildman–Crippen MR) is 76.9 cm³/mol. The van der Waals surface area contributed by atoms with Crippen LogP contribution in [0.4, 0.5) is 9.18 Å². The molecule has 0 radical (unpaired) electrons. The van der Waals surface area contributed by atoms with Gasteiger partial charge in [-0.3, -0.25) is 0 Å². The Bertz CT molecular complexity index is 504. The molecule has 1 saturated carbocycles. The van der Waals surface area contributed by atoms with Crippen molar-refractivity contribution >= 4 is 6.03 Å². The highest BCUT2D eigenvalue weighted by Crippen LogP contribution is 2.30. The molecule has 3 N–H and O–H groups in total. The van der Waals surface area contributed by atoms with Gasteiger partial charge in [0.1, 0.15) is 0 Å². The summed E-state index contributed by atoms with van der Waals surface area (Å²) in [5.74, 6) is -0.204. The Morgan fingerprint density at radius 2 is 2.19 bits per heavy atom. The zero-order valence-corrected chi connectivity index (χ0v) is 12.1. The van der Waals surface area contributed by atoms with Crippen LogP contribution in [0.25, 0.3) is 0 Å². The monoisotopic (exact) mass is 296 g/mol. The summed E-state index contributed by atoms with van der Waals surface area (Å²) in [5.41, 5.74) is 0.160. The highest BCUT2D eigenvalue weighted by Gasteiger charge is 2.34. The summed E-state index contributed by atoms with van der Waals surface area (Å²) in [4.78, 5) is 11.6. The highest BCUT2D eigenvalue weighted by molar-refractivity contribution is 5.73. The zero-order chi connectivity index (χ0) is 15.3. The molecule has 1 fully saturated rings. The Morgan fingerprint density at radius 3 is 2.81 bits per heavy atom. The Balaban J connectivity index is 1.70. The van der Waals surface area contributed by atoms with Gasteiger partial charge in [-0.2, -0.15) is 0 Å². The van der Waals surface area contributed by atoms with E-state index in [1.165, 1.54) is 13.2 Å². The number of amides is 2. The topological polar surface area (TPSA) is 70.6 Å². The number of nitrogens with one attached hydrogen (secondary N) is 2. The standard InChI is InChI=1S/C15H21FN2O3/c1-21-13-9-11(3-4-12(13)16)5-8-17-14(19)18-10-15(20)6-2-7-15/h3-4,9,20H,2,5-8,10H2,1H3,(H2,17,18,19). The number of carbonyl (C=O) groups is 1. The minimum atomic E-state index is -0.721. The second kappa shape index (κ2) is 6.76. The van der Waals surface area contributed by atoms with Crippen molar-refractivity contribution in [3.05, 3.63) is 29.6 Å². The Labute approximate surface area is 123 Å². The van der Waals surface area contributed by atoms with Crippen molar-refractivity contribution in [3.8, 4) is 5.75 Å². The van der Waals surface area contributed by atoms with Crippen LogP contribution in [0.2, 0.25) is 0 Å². The number of ether oxygens (including phenoxy) is 1. The van der Waals surface area contributed by atoms with Crippen molar-refractivity contribution in [3.63, 3.8) is 0 Å². The predicted octanol–water partition coefficient (Wildman–Crippen LogP) is 1.59. The molecule has 0 heterocycles. The molecule has 1 aromatic rings. The van der Waals surface area contributed by atoms with Gasteiger partial charge < -0.3 is 20.5 Å². The fraction of sp³-hybridized carbons (Fsp3) is 0.533. The molecule has 0 bridgehead atoms. The molecule has 1 aliphatic rings. The van der Waals surface area contributed by atoms with Crippen LogP contribution in [0, 0.1) is 5.82 Å². The summed E-state index contributed by atoms with van der Waals surface area (Å²) in [7, 11) is 1.42. The molecule has 0 saturated heterocycles. The van der Waals surface area contributed by atoms with Gasteiger partial charge in [-0.05, 0) is 43.4 Å². The average molecular weight is 296 g/mol. The Morgan fingerprint density at radius 1 is 1.43 bits per heavy atom. The van der Waals surface area contributed by atoms with Gasteiger partial charge in [-0.15, -0.1) is 0 Å². The summed E-state index contributed by atoms with van der Waals surface area (Å²) >= 11 is 0. The number of carbonyl (C=O) groups excluding carboxylic acids is 1. The van der Waals surface area contributed by atoms with Crippen LogP contribution in [0.1, 0.15) is 24.8 Å². The van der Waals surface area contributed by atoms with Crippen LogP contribution in [-0.2, 0) is 6.42 Å². The van der Waals surface area contributed by atoms with Crippen molar-refractivity contribution < 1.29 is 19.0 Å². The van der Waals surface area contributed by atoms with E-state index in [1.54, 1.807) is 12.1 Å². The van der Waals surface area contributed by atoms with Gasteiger partial charge in [0.25, 0.3) is 0 Å². The smallest absolute Gasteiger partial charge is 0.314 e. The van der Waals surface area contributed by atoms with Gasteiger partial charge in [-0.1, -0.05) is 6.07 Å². The summed E-state index contributed by atoms with van der Waals surface area (Å²) in [6, 6.07) is 4.32. The van der Waals surface area contributed by atoms with E-state index in [9.17, 15) is 14.3 Å². The maximum absolute atomic E-state index is 13.2. The van der Waals surface area contributed by atoms with E-state index < -0.39 is 11.4 Å². The lowest BCUT2D eigenvalue weighted by Gasteiger charge is -2.36. The molecule has 0 spiro atoms. The average Bonchev–Trinajstić information content (AvgIpc) is 2.45. The molecule has 1 aliphatic carbocycles. The molecular formula is C15H21FN2O3. The first-order valence-corrected chi connectivity index (χ1v) is 7.09. The molecule has 2 rings (SSSR count). The van der Waals surface area contributed by atoms with E-state index in [1.807, 2.05) is 0 Å². The van der Waals surface area contributed by atoms with Crippen LogP contribution in [0.5, 0.6) is 5.75 Å². The van der Waals surface area contributed by atoms with Crippen molar-refractivity contribution in [1.29, 1.82) is 0 Å². The number of rotatable bonds is 6. The summed E-state index contributed by atoms with van der Waals surface area (Å²) < 4.78 is 18.1. The summed E-state index contributed by atoms with van der Waals surface area (Å²) in [5, 5.41) is 15.2. The van der Waals surface area contributed by atoms with E-state index in [0.717, 1.165) is 24.8 Å². The largest absolute Gasteiger partial charge is 0.494 e. The third kappa shape index (κ3) is 4.32. The van der Waals surface area contributed by atoms with E-state index in [0.29, 0.717) is 13.0 Å². The lowest BCUT2D eigenvalue weighted by Crippen LogP contribution is -2.50. The molecule has 0 aliphatic heterocycles. The molecule has 6 heteroatoms. The van der Waals surface area contributed by atoms with Crippen molar-refractivity contribution in [1.82, 2.24) is 10.6 Å². The van der Waals surface area contributed by atoms with Gasteiger partial charge in [0.15, 0.2) is 11.6 Å². The van der Waals surface area contributed by atoms with Crippen LogP contribution in [-0.4, -0.2) is 36.9 Å². The lowest BCUT2D eigenvalue weighted by molar-refractivity contribution is -0.0290. The maximum atomic E-state index is 13.2. The van der Waals surface area contributed by atoms with Gasteiger partial charge in [-0.25, -0.2) is 9.18 Å². The van der Waals surface area contributed by atoms with Crippen molar-refractivity contribution in [2.75, 3.05) is 20.2 Å². The third-order valence-corrected chi connectivity index (χ3v) is 3.78.